The fourth-order valence-electron chi connectivity index (χ4n) is 1.42. The Kier molecular flexibility index (Phi) is 2.66. The number of hydrogen-bond donors (Lipinski definition) is 0. The van der Waals surface area contributed by atoms with E-state index in [1.54, 1.807) is 12.1 Å². The van der Waals surface area contributed by atoms with Crippen molar-refractivity contribution in [3.05, 3.63) is 28.0 Å². The highest BCUT2D eigenvalue weighted by Gasteiger charge is 2.35. The van der Waals surface area contributed by atoms with Gasteiger partial charge in [0.2, 0.25) is 0 Å². The van der Waals surface area contributed by atoms with Gasteiger partial charge in [0.05, 0.1) is 13.2 Å². The minimum atomic E-state index is -0.783. The van der Waals surface area contributed by atoms with Crippen molar-refractivity contribution in [1.82, 2.24) is 4.98 Å². The van der Waals surface area contributed by atoms with Crippen molar-refractivity contribution in [2.45, 2.75) is 12.7 Å². The van der Waals surface area contributed by atoms with Gasteiger partial charge in [-0.05, 0) is 19.1 Å². The van der Waals surface area contributed by atoms with Crippen LogP contribution in [0.5, 0.6) is 0 Å². The summed E-state index contributed by atoms with van der Waals surface area (Å²) >= 11 is 11.6. The minimum Gasteiger partial charge on any atom is -0.344 e. The van der Waals surface area contributed by atoms with E-state index in [-0.39, 0.29) is 0 Å². The van der Waals surface area contributed by atoms with E-state index in [0.717, 1.165) is 0 Å². The summed E-state index contributed by atoms with van der Waals surface area (Å²) in [5.74, 6) is -0.783. The number of nitrogens with zero attached hydrogens (tertiary/aromatic N) is 1. The van der Waals surface area contributed by atoms with Gasteiger partial charge in [0.25, 0.3) is 0 Å². The molecule has 0 spiro atoms. The second-order valence-electron chi connectivity index (χ2n) is 3.11. The number of pyridine rings is 1. The highest BCUT2D eigenvalue weighted by Crippen LogP contribution is 2.34. The van der Waals surface area contributed by atoms with E-state index in [1.807, 2.05) is 6.92 Å². The van der Waals surface area contributed by atoms with Crippen molar-refractivity contribution < 1.29 is 9.47 Å². The van der Waals surface area contributed by atoms with Gasteiger partial charge in [-0.1, -0.05) is 23.2 Å². The van der Waals surface area contributed by atoms with E-state index in [4.69, 9.17) is 32.7 Å². The second-order valence-corrected chi connectivity index (χ2v) is 3.86. The maximum absolute atomic E-state index is 5.94. The molecule has 0 aliphatic carbocycles. The molecule has 2 rings (SSSR count). The molecule has 14 heavy (non-hydrogen) atoms. The predicted molar refractivity (Wildman–Crippen MR) is 53.5 cm³/mol. The van der Waals surface area contributed by atoms with E-state index >= 15 is 0 Å². The van der Waals surface area contributed by atoms with E-state index < -0.39 is 5.79 Å². The van der Waals surface area contributed by atoms with Crippen LogP contribution in [0.1, 0.15) is 12.5 Å². The number of aromatic nitrogens is 1. The van der Waals surface area contributed by atoms with Gasteiger partial charge in [0.15, 0.2) is 5.79 Å². The van der Waals surface area contributed by atoms with Crippen molar-refractivity contribution in [1.29, 1.82) is 0 Å². The van der Waals surface area contributed by atoms with Crippen molar-refractivity contribution in [3.8, 4) is 0 Å². The van der Waals surface area contributed by atoms with Gasteiger partial charge >= 0.3 is 0 Å². The third-order valence-corrected chi connectivity index (χ3v) is 2.64. The zero-order valence-electron chi connectivity index (χ0n) is 7.59. The van der Waals surface area contributed by atoms with Gasteiger partial charge in [-0.25, -0.2) is 4.98 Å². The van der Waals surface area contributed by atoms with Gasteiger partial charge in [-0.3, -0.25) is 0 Å². The predicted octanol–water partition coefficient (Wildman–Crippen LogP) is 2.61. The molecule has 0 amide bonds. The Balaban J connectivity index is 2.40. The molecule has 3 nitrogen and oxygen atoms in total. The average Bonchev–Trinajstić information content (AvgIpc) is 2.52. The summed E-state index contributed by atoms with van der Waals surface area (Å²) in [6.45, 7) is 2.95. The first kappa shape index (κ1) is 10.2. The largest absolute Gasteiger partial charge is 0.344 e. The second kappa shape index (κ2) is 3.66. The van der Waals surface area contributed by atoms with Crippen molar-refractivity contribution in [3.63, 3.8) is 0 Å². The quantitative estimate of drug-likeness (QED) is 0.700. The Morgan fingerprint density at radius 2 is 1.93 bits per heavy atom. The number of ether oxygens (including phenoxy) is 2. The smallest absolute Gasteiger partial charge is 0.195 e. The van der Waals surface area contributed by atoms with E-state index in [2.05, 4.69) is 4.98 Å². The molecule has 1 aliphatic heterocycles. The molecule has 76 valence electrons. The summed E-state index contributed by atoms with van der Waals surface area (Å²) in [6, 6.07) is 3.43. The van der Waals surface area contributed by atoms with Crippen LogP contribution in [0.3, 0.4) is 0 Å². The SMILES string of the molecule is CC1(c2ccc(Cl)nc2Cl)OCCO1. The molecule has 0 unspecified atom stereocenters. The molecule has 1 aromatic rings. The van der Waals surface area contributed by atoms with Crippen molar-refractivity contribution >= 4 is 23.2 Å². The van der Waals surface area contributed by atoms with E-state index in [0.29, 0.717) is 29.1 Å². The van der Waals surface area contributed by atoms with Crippen LogP contribution >= 0.6 is 23.2 Å². The highest BCUT2D eigenvalue weighted by molar-refractivity contribution is 6.32. The monoisotopic (exact) mass is 233 g/mol. The minimum absolute atomic E-state index is 0.321. The molecule has 0 bridgehead atoms. The lowest BCUT2D eigenvalue weighted by molar-refractivity contribution is -0.149. The van der Waals surface area contributed by atoms with Gasteiger partial charge in [-0.15, -0.1) is 0 Å². The molecular formula is C9H9Cl2NO2. The van der Waals surface area contributed by atoms with Crippen LogP contribution in [-0.2, 0) is 15.3 Å². The Morgan fingerprint density at radius 3 is 2.50 bits per heavy atom. The lowest BCUT2D eigenvalue weighted by Crippen LogP contribution is -2.23. The molecule has 0 N–H and O–H groups in total. The van der Waals surface area contributed by atoms with Crippen LogP contribution in [0.15, 0.2) is 12.1 Å². The topological polar surface area (TPSA) is 31.4 Å². The van der Waals surface area contributed by atoms with Crippen LogP contribution in [0, 0.1) is 0 Å². The number of halogens is 2. The van der Waals surface area contributed by atoms with Crippen LogP contribution in [0.25, 0.3) is 0 Å². The molecule has 1 aromatic heterocycles. The van der Waals surface area contributed by atoms with Crippen molar-refractivity contribution in [2.75, 3.05) is 13.2 Å². The Bertz CT molecular complexity index is 351. The summed E-state index contributed by atoms with van der Waals surface area (Å²) in [7, 11) is 0. The Hall–Kier alpha value is -0.350. The fraction of sp³-hybridized carbons (Fsp3) is 0.444. The standard InChI is InChI=1S/C9H9Cl2NO2/c1-9(13-4-5-14-9)6-2-3-7(10)12-8(6)11/h2-3H,4-5H2,1H3. The van der Waals surface area contributed by atoms with Gasteiger partial charge in [-0.2, -0.15) is 0 Å². The fourth-order valence-corrected chi connectivity index (χ4v) is 1.94. The molecule has 1 saturated heterocycles. The molecule has 5 heteroatoms. The molecule has 1 fully saturated rings. The Morgan fingerprint density at radius 1 is 1.29 bits per heavy atom. The zero-order valence-corrected chi connectivity index (χ0v) is 9.10. The van der Waals surface area contributed by atoms with Gasteiger partial charge < -0.3 is 9.47 Å². The molecule has 0 saturated carbocycles. The van der Waals surface area contributed by atoms with Crippen molar-refractivity contribution in [2.24, 2.45) is 0 Å². The zero-order chi connectivity index (χ0) is 10.2. The highest BCUT2D eigenvalue weighted by atomic mass is 35.5. The molecule has 2 heterocycles. The van der Waals surface area contributed by atoms with E-state index in [1.165, 1.54) is 0 Å². The molecule has 0 atom stereocenters. The first-order valence-corrected chi connectivity index (χ1v) is 4.98. The molecule has 0 aromatic carbocycles. The number of rotatable bonds is 1. The summed E-state index contributed by atoms with van der Waals surface area (Å²) in [5.41, 5.74) is 0.709. The molecule has 1 aliphatic rings. The average molecular weight is 234 g/mol. The van der Waals surface area contributed by atoms with Gasteiger partial charge in [0, 0.05) is 5.56 Å². The first-order valence-electron chi connectivity index (χ1n) is 4.22. The van der Waals surface area contributed by atoms with Crippen LogP contribution in [-0.4, -0.2) is 18.2 Å². The summed E-state index contributed by atoms with van der Waals surface area (Å²) < 4.78 is 10.9. The van der Waals surface area contributed by atoms with Crippen LogP contribution < -0.4 is 0 Å². The molecular weight excluding hydrogens is 225 g/mol. The van der Waals surface area contributed by atoms with Gasteiger partial charge in [0.1, 0.15) is 10.3 Å². The van der Waals surface area contributed by atoms with Crippen LogP contribution in [0.4, 0.5) is 0 Å². The third kappa shape index (κ3) is 1.73. The maximum atomic E-state index is 5.94. The lowest BCUT2D eigenvalue weighted by Gasteiger charge is -2.23. The van der Waals surface area contributed by atoms with E-state index in [9.17, 15) is 0 Å². The van der Waals surface area contributed by atoms with Crippen LogP contribution in [0.2, 0.25) is 10.3 Å². The summed E-state index contributed by atoms with van der Waals surface area (Å²) in [4.78, 5) is 3.93. The first-order chi connectivity index (χ1) is 6.62. The normalized spacial score (nSPS) is 19.9. The molecule has 0 radical (unpaired) electrons. The number of hydrogen-bond acceptors (Lipinski definition) is 3. The maximum Gasteiger partial charge on any atom is 0.195 e. The Labute approximate surface area is 91.9 Å². The summed E-state index contributed by atoms with van der Waals surface area (Å²) in [6.07, 6.45) is 0. The third-order valence-electron chi connectivity index (χ3n) is 2.14. The lowest BCUT2D eigenvalue weighted by atomic mass is 10.1. The summed E-state index contributed by atoms with van der Waals surface area (Å²) in [5, 5.41) is 0.683.